The number of amides is 1. The molecule has 18 heavy (non-hydrogen) atoms. The molecule has 0 bridgehead atoms. The van der Waals surface area contributed by atoms with Crippen LogP contribution in [0.4, 0.5) is 0 Å². The summed E-state index contributed by atoms with van der Waals surface area (Å²) in [7, 11) is 3.33. The first-order chi connectivity index (χ1) is 8.77. The molecule has 0 spiro atoms. The van der Waals surface area contributed by atoms with Crippen LogP contribution in [0.2, 0.25) is 0 Å². The highest BCUT2D eigenvalue weighted by atomic mass is 16.5. The molecule has 1 aliphatic heterocycles. The maximum atomic E-state index is 12.1. The Balaban J connectivity index is 2.34. The zero-order valence-electron chi connectivity index (χ0n) is 11.6. The lowest BCUT2D eigenvalue weighted by Crippen LogP contribution is -2.42. The summed E-state index contributed by atoms with van der Waals surface area (Å²) < 4.78 is 10.1. The molecule has 1 amide bonds. The van der Waals surface area contributed by atoms with Gasteiger partial charge in [0.1, 0.15) is 0 Å². The van der Waals surface area contributed by atoms with Crippen molar-refractivity contribution in [2.75, 3.05) is 47.1 Å². The fraction of sp³-hybridized carbons (Fsp3) is 0.923. The van der Waals surface area contributed by atoms with Gasteiger partial charge >= 0.3 is 0 Å². The predicted molar refractivity (Wildman–Crippen MR) is 70.6 cm³/mol. The van der Waals surface area contributed by atoms with Crippen molar-refractivity contribution in [2.45, 2.75) is 31.7 Å². The molecule has 1 saturated heterocycles. The number of carbonyl (C=O) groups excluding carboxylic acids is 1. The van der Waals surface area contributed by atoms with Gasteiger partial charge in [-0.1, -0.05) is 0 Å². The lowest BCUT2D eigenvalue weighted by atomic mass is 10.2. The minimum atomic E-state index is 0.206. The number of rotatable bonds is 9. The molecule has 0 aromatic heterocycles. The third-order valence-corrected chi connectivity index (χ3v) is 3.26. The van der Waals surface area contributed by atoms with E-state index in [0.29, 0.717) is 32.2 Å². The van der Waals surface area contributed by atoms with Gasteiger partial charge in [0.05, 0.1) is 6.61 Å². The van der Waals surface area contributed by atoms with Crippen LogP contribution in [0, 0.1) is 0 Å². The molecule has 1 fully saturated rings. The fourth-order valence-corrected chi connectivity index (χ4v) is 2.22. The summed E-state index contributed by atoms with van der Waals surface area (Å²) in [5, 5.41) is 3.43. The van der Waals surface area contributed by atoms with Gasteiger partial charge in [-0.2, -0.15) is 0 Å². The van der Waals surface area contributed by atoms with E-state index in [-0.39, 0.29) is 5.91 Å². The van der Waals surface area contributed by atoms with Crippen LogP contribution in [-0.4, -0.2) is 63.9 Å². The zero-order valence-corrected chi connectivity index (χ0v) is 11.6. The molecule has 0 aliphatic carbocycles. The number of nitrogens with zero attached hydrogens (tertiary/aromatic N) is 1. The Kier molecular flexibility index (Phi) is 7.96. The van der Waals surface area contributed by atoms with E-state index < -0.39 is 0 Å². The third-order valence-electron chi connectivity index (χ3n) is 3.26. The van der Waals surface area contributed by atoms with Crippen molar-refractivity contribution in [3.05, 3.63) is 0 Å². The van der Waals surface area contributed by atoms with Crippen LogP contribution in [0.5, 0.6) is 0 Å². The molecule has 1 unspecified atom stereocenters. The largest absolute Gasteiger partial charge is 0.385 e. The average Bonchev–Trinajstić information content (AvgIpc) is 2.87. The van der Waals surface area contributed by atoms with Crippen molar-refractivity contribution in [1.29, 1.82) is 0 Å². The Hall–Kier alpha value is -0.650. The quantitative estimate of drug-likeness (QED) is 0.617. The minimum Gasteiger partial charge on any atom is -0.385 e. The second-order valence-corrected chi connectivity index (χ2v) is 4.72. The maximum Gasteiger partial charge on any atom is 0.222 e. The van der Waals surface area contributed by atoms with E-state index in [4.69, 9.17) is 9.47 Å². The number of hydrogen-bond donors (Lipinski definition) is 1. The normalized spacial score (nSPS) is 19.1. The molecule has 5 heteroatoms. The second kappa shape index (κ2) is 9.30. The van der Waals surface area contributed by atoms with Gasteiger partial charge in [-0.15, -0.1) is 0 Å². The summed E-state index contributed by atoms with van der Waals surface area (Å²) in [4.78, 5) is 14.0. The Morgan fingerprint density at radius 1 is 1.33 bits per heavy atom. The molecule has 1 N–H and O–H groups in total. The van der Waals surface area contributed by atoms with Gasteiger partial charge in [0.2, 0.25) is 5.91 Å². The van der Waals surface area contributed by atoms with Crippen molar-refractivity contribution in [3.63, 3.8) is 0 Å². The number of methoxy groups -OCH3 is 2. The van der Waals surface area contributed by atoms with Gasteiger partial charge in [0.15, 0.2) is 0 Å². The summed E-state index contributed by atoms with van der Waals surface area (Å²) in [5.74, 6) is 0.206. The topological polar surface area (TPSA) is 50.8 Å². The molecule has 1 atom stereocenters. The van der Waals surface area contributed by atoms with Gasteiger partial charge in [0, 0.05) is 46.4 Å². The van der Waals surface area contributed by atoms with Gasteiger partial charge in [-0.25, -0.2) is 0 Å². The van der Waals surface area contributed by atoms with Gasteiger partial charge < -0.3 is 19.7 Å². The highest BCUT2D eigenvalue weighted by Gasteiger charge is 2.20. The van der Waals surface area contributed by atoms with Crippen molar-refractivity contribution in [1.82, 2.24) is 10.2 Å². The average molecular weight is 258 g/mol. The number of hydrogen-bond acceptors (Lipinski definition) is 4. The van der Waals surface area contributed by atoms with Crippen molar-refractivity contribution in [3.8, 4) is 0 Å². The number of nitrogens with one attached hydrogen (secondary N) is 1. The van der Waals surface area contributed by atoms with Crippen molar-refractivity contribution >= 4 is 5.91 Å². The molecule has 106 valence electrons. The van der Waals surface area contributed by atoms with Gasteiger partial charge in [-0.05, 0) is 25.8 Å². The minimum absolute atomic E-state index is 0.206. The van der Waals surface area contributed by atoms with E-state index in [1.807, 2.05) is 4.90 Å². The van der Waals surface area contributed by atoms with E-state index >= 15 is 0 Å². The van der Waals surface area contributed by atoms with Crippen LogP contribution in [0.25, 0.3) is 0 Å². The van der Waals surface area contributed by atoms with E-state index in [2.05, 4.69) is 5.32 Å². The van der Waals surface area contributed by atoms with Crippen LogP contribution in [0.15, 0.2) is 0 Å². The summed E-state index contributed by atoms with van der Waals surface area (Å²) in [6, 6.07) is 0.452. The molecule has 0 saturated carbocycles. The molecule has 0 aromatic rings. The molecule has 1 heterocycles. The molecule has 0 radical (unpaired) electrons. The van der Waals surface area contributed by atoms with Gasteiger partial charge in [0.25, 0.3) is 0 Å². The Bertz CT molecular complexity index is 230. The second-order valence-electron chi connectivity index (χ2n) is 4.72. The van der Waals surface area contributed by atoms with E-state index in [1.165, 1.54) is 6.42 Å². The molecule has 5 nitrogen and oxygen atoms in total. The summed E-state index contributed by atoms with van der Waals surface area (Å²) in [6.07, 6.45) is 3.72. The van der Waals surface area contributed by atoms with Crippen LogP contribution >= 0.6 is 0 Å². The van der Waals surface area contributed by atoms with Crippen molar-refractivity contribution < 1.29 is 14.3 Å². The maximum absolute atomic E-state index is 12.1. The highest BCUT2D eigenvalue weighted by Crippen LogP contribution is 2.08. The lowest BCUT2D eigenvalue weighted by Gasteiger charge is -2.25. The highest BCUT2D eigenvalue weighted by molar-refractivity contribution is 5.76. The Morgan fingerprint density at radius 2 is 2.11 bits per heavy atom. The number of ether oxygens (including phenoxy) is 2. The van der Waals surface area contributed by atoms with Crippen molar-refractivity contribution in [2.24, 2.45) is 0 Å². The first-order valence-electron chi connectivity index (χ1n) is 6.77. The first kappa shape index (κ1) is 15.4. The first-order valence-corrected chi connectivity index (χ1v) is 6.77. The van der Waals surface area contributed by atoms with E-state index in [9.17, 15) is 4.79 Å². The molecule has 1 rings (SSSR count). The molecule has 0 aromatic carbocycles. The summed E-state index contributed by atoms with van der Waals surface area (Å²) >= 11 is 0. The fourth-order valence-electron chi connectivity index (χ4n) is 2.22. The third kappa shape index (κ3) is 5.80. The zero-order chi connectivity index (χ0) is 13.2. The van der Waals surface area contributed by atoms with E-state index in [1.54, 1.807) is 14.2 Å². The molecular formula is C13H26N2O3. The van der Waals surface area contributed by atoms with Crippen LogP contribution in [-0.2, 0) is 14.3 Å². The van der Waals surface area contributed by atoms with E-state index in [0.717, 1.165) is 25.9 Å². The summed E-state index contributed by atoms with van der Waals surface area (Å²) in [5.41, 5.74) is 0. The van der Waals surface area contributed by atoms with Gasteiger partial charge in [-0.3, -0.25) is 4.79 Å². The summed E-state index contributed by atoms with van der Waals surface area (Å²) in [6.45, 7) is 3.80. The molecular weight excluding hydrogens is 232 g/mol. The molecule has 1 aliphatic rings. The van der Waals surface area contributed by atoms with Crippen LogP contribution in [0.1, 0.15) is 25.7 Å². The SMILES string of the molecule is COCCCC(=O)N(CCOC)CC1CCCN1. The number of carbonyl (C=O) groups is 1. The monoisotopic (exact) mass is 258 g/mol. The van der Waals surface area contributed by atoms with Crippen LogP contribution < -0.4 is 5.32 Å². The van der Waals surface area contributed by atoms with Crippen LogP contribution in [0.3, 0.4) is 0 Å². The Labute approximate surface area is 110 Å². The predicted octanol–water partition coefficient (Wildman–Crippen LogP) is 0.640. The lowest BCUT2D eigenvalue weighted by molar-refractivity contribution is -0.132. The smallest absolute Gasteiger partial charge is 0.222 e. The standard InChI is InChI=1S/C13H26N2O3/c1-17-9-4-6-13(16)15(8-10-18-2)11-12-5-3-7-14-12/h12,14H,3-11H2,1-2H3. The Morgan fingerprint density at radius 3 is 2.72 bits per heavy atom.